The Labute approximate surface area is 198 Å². The van der Waals surface area contributed by atoms with Crippen molar-refractivity contribution in [3.8, 4) is 0 Å². The van der Waals surface area contributed by atoms with Gasteiger partial charge in [0.1, 0.15) is 5.78 Å². The molecular weight excluding hydrogens is 448 g/mol. The van der Waals surface area contributed by atoms with Gasteiger partial charge in [-0.2, -0.15) is 8.42 Å². The van der Waals surface area contributed by atoms with E-state index in [0.717, 1.165) is 51.4 Å². The van der Waals surface area contributed by atoms with Crippen molar-refractivity contribution in [1.82, 2.24) is 0 Å². The number of allylic oxidation sites excluding steroid dienone is 1. The number of ketones is 1. The van der Waals surface area contributed by atoms with Gasteiger partial charge in [-0.3, -0.25) is 9.35 Å². The van der Waals surface area contributed by atoms with E-state index in [1.807, 2.05) is 13.8 Å². The van der Waals surface area contributed by atoms with Crippen LogP contribution in [-0.2, 0) is 18.7 Å². The summed E-state index contributed by atoms with van der Waals surface area (Å²) in [5.41, 5.74) is 1.42. The Morgan fingerprint density at radius 1 is 1.16 bits per heavy atom. The van der Waals surface area contributed by atoms with E-state index in [4.69, 9.17) is 4.55 Å². The van der Waals surface area contributed by atoms with Crippen molar-refractivity contribution in [3.05, 3.63) is 11.6 Å². The van der Waals surface area contributed by atoms with Gasteiger partial charge in [-0.15, -0.1) is 0 Å². The number of rotatable bonds is 4. The topological polar surface area (TPSA) is 101 Å². The Morgan fingerprint density at radius 3 is 2.44 bits per heavy atom. The zero-order chi connectivity index (χ0) is 24.1. The average Bonchev–Trinajstić information content (AvgIpc) is 3.10. The van der Waals surface area contributed by atoms with Crippen LogP contribution in [0.3, 0.4) is 0 Å². The second kappa shape index (κ2) is 11.8. The van der Waals surface area contributed by atoms with Crippen molar-refractivity contribution in [2.45, 2.75) is 78.2 Å². The van der Waals surface area contributed by atoms with Crippen molar-refractivity contribution in [1.29, 1.82) is 0 Å². The maximum Gasteiger partial charge on any atom is 0.320 e. The molecular formula is C24H42O6S2. The van der Waals surface area contributed by atoms with Crippen molar-refractivity contribution in [2.75, 3.05) is 20.0 Å². The molecule has 0 amide bonds. The molecule has 186 valence electrons. The molecule has 4 aliphatic carbocycles. The van der Waals surface area contributed by atoms with Crippen LogP contribution in [0, 0.1) is 35.0 Å². The number of aliphatic hydroxyl groups is 1. The van der Waals surface area contributed by atoms with Gasteiger partial charge < -0.3 is 9.84 Å². The first-order valence-corrected chi connectivity index (χ1v) is 15.0. The lowest BCUT2D eigenvalue weighted by molar-refractivity contribution is -0.126. The van der Waals surface area contributed by atoms with E-state index < -0.39 is 9.15 Å². The molecule has 0 aromatic carbocycles. The molecule has 0 aromatic heterocycles. The van der Waals surface area contributed by atoms with E-state index in [1.54, 1.807) is 14.2 Å². The van der Waals surface area contributed by atoms with Crippen LogP contribution in [0.2, 0.25) is 0 Å². The van der Waals surface area contributed by atoms with Crippen LogP contribution in [0.1, 0.15) is 72.1 Å². The maximum atomic E-state index is 12.7. The Kier molecular flexibility index (Phi) is 10.3. The maximum absolute atomic E-state index is 12.7. The van der Waals surface area contributed by atoms with Crippen LogP contribution < -0.4 is 0 Å². The molecule has 0 bridgehead atoms. The molecule has 7 atom stereocenters. The highest BCUT2D eigenvalue weighted by Crippen LogP contribution is 2.63. The van der Waals surface area contributed by atoms with Crippen LogP contribution in [0.5, 0.6) is 0 Å². The number of fused-ring (bicyclic) bond motifs is 5. The normalized spacial score (nSPS) is 37.9. The molecule has 6 nitrogen and oxygen atoms in total. The van der Waals surface area contributed by atoms with Gasteiger partial charge in [-0.25, -0.2) is 0 Å². The monoisotopic (exact) mass is 490 g/mol. The first-order chi connectivity index (χ1) is 15.1. The highest BCUT2D eigenvalue weighted by molar-refractivity contribution is 8.70. The van der Waals surface area contributed by atoms with Gasteiger partial charge in [0.2, 0.25) is 0 Å². The number of carbonyl (C=O) groups is 1. The van der Waals surface area contributed by atoms with Gasteiger partial charge in [-0.1, -0.05) is 32.4 Å². The lowest BCUT2D eigenvalue weighted by Crippen LogP contribution is -2.47. The molecule has 0 aromatic rings. The third-order valence-corrected chi connectivity index (χ3v) is 10.1. The number of hydrogen-bond acceptors (Lipinski definition) is 6. The second-order valence-corrected chi connectivity index (χ2v) is 13.1. The Hall–Kier alpha value is -0.410. The van der Waals surface area contributed by atoms with E-state index in [9.17, 15) is 18.3 Å². The highest BCUT2D eigenvalue weighted by Gasteiger charge is 2.57. The summed E-state index contributed by atoms with van der Waals surface area (Å²) >= 11 is 0. The predicted octanol–water partition coefficient (Wildman–Crippen LogP) is 4.93. The standard InChI is InChI=1S/C20H30O5S2.C2H6O.C2H6/c1-20-9-8-15-14-5-3-13(21)10-12(14)2-4-16(15)17(20)6-7-18(20)19(22)11-26-27(23,24)25;1-3-2;1-2/h2,13-18,21H,3-11H2,1H3,(H,23,24,25);1-2H3;1-2H3. The summed E-state index contributed by atoms with van der Waals surface area (Å²) in [6, 6.07) is 0. The summed E-state index contributed by atoms with van der Waals surface area (Å²) in [5, 5.41) is 10.00. The molecule has 32 heavy (non-hydrogen) atoms. The molecule has 2 N–H and O–H groups in total. The van der Waals surface area contributed by atoms with Crippen LogP contribution in [0.25, 0.3) is 0 Å². The predicted molar refractivity (Wildman–Crippen MR) is 130 cm³/mol. The van der Waals surface area contributed by atoms with Crippen LogP contribution >= 0.6 is 10.8 Å². The first-order valence-electron chi connectivity index (χ1n) is 12.0. The molecule has 7 unspecified atom stereocenters. The largest absolute Gasteiger partial charge is 0.393 e. The first kappa shape index (κ1) is 27.8. The zero-order valence-corrected chi connectivity index (χ0v) is 21.9. The summed E-state index contributed by atoms with van der Waals surface area (Å²) in [5.74, 6) is 2.17. The highest BCUT2D eigenvalue weighted by atomic mass is 33.1. The smallest absolute Gasteiger partial charge is 0.320 e. The Balaban J connectivity index is 0.000000671. The van der Waals surface area contributed by atoms with Gasteiger partial charge in [0.25, 0.3) is 0 Å². The van der Waals surface area contributed by atoms with E-state index in [2.05, 4.69) is 17.7 Å². The number of methoxy groups -OCH3 is 1. The Bertz CT molecular complexity index is 764. The number of ether oxygens (including phenoxy) is 1. The summed E-state index contributed by atoms with van der Waals surface area (Å²) < 4.78 is 35.2. The van der Waals surface area contributed by atoms with Gasteiger partial charge in [0, 0.05) is 30.9 Å². The van der Waals surface area contributed by atoms with Crippen LogP contribution in [0.15, 0.2) is 11.6 Å². The number of Topliss-reactive ketones (excluding diaryl/α,β-unsaturated/α-hetero) is 1. The minimum absolute atomic E-state index is 0.0195. The fraction of sp³-hybridized carbons (Fsp3) is 0.875. The molecule has 0 aliphatic heterocycles. The van der Waals surface area contributed by atoms with Gasteiger partial charge in [-0.05, 0) is 80.5 Å². The molecule has 4 rings (SSSR count). The Morgan fingerprint density at radius 2 is 1.81 bits per heavy atom. The quantitative estimate of drug-likeness (QED) is 0.327. The number of aliphatic hydroxyl groups excluding tert-OH is 1. The fourth-order valence-electron chi connectivity index (χ4n) is 7.01. The third-order valence-electron chi connectivity index (χ3n) is 8.16. The van der Waals surface area contributed by atoms with E-state index in [-0.39, 0.29) is 29.0 Å². The van der Waals surface area contributed by atoms with Crippen molar-refractivity contribution in [3.63, 3.8) is 0 Å². The lowest BCUT2D eigenvalue weighted by Gasteiger charge is -2.53. The van der Waals surface area contributed by atoms with Crippen LogP contribution in [-0.4, -0.2) is 49.9 Å². The number of carbonyl (C=O) groups excluding carboxylic acids is 1. The van der Waals surface area contributed by atoms with Crippen molar-refractivity contribution in [2.24, 2.45) is 35.0 Å². The number of hydrogen-bond donors (Lipinski definition) is 2. The lowest BCUT2D eigenvalue weighted by atomic mass is 9.51. The molecule has 0 heterocycles. The van der Waals surface area contributed by atoms with Gasteiger partial charge in [0.05, 0.1) is 11.9 Å². The summed E-state index contributed by atoms with van der Waals surface area (Å²) in [6.45, 7) is 6.24. The molecule has 3 fully saturated rings. The zero-order valence-electron chi connectivity index (χ0n) is 20.2. The summed E-state index contributed by atoms with van der Waals surface area (Å²) in [4.78, 5) is 12.7. The molecule has 0 saturated heterocycles. The molecule has 4 aliphatic rings. The molecule has 0 radical (unpaired) electrons. The van der Waals surface area contributed by atoms with Gasteiger partial charge >= 0.3 is 9.15 Å². The molecule has 8 heteroatoms. The van der Waals surface area contributed by atoms with E-state index in [1.165, 1.54) is 5.57 Å². The van der Waals surface area contributed by atoms with Gasteiger partial charge in [0.15, 0.2) is 0 Å². The van der Waals surface area contributed by atoms with E-state index >= 15 is 0 Å². The minimum atomic E-state index is -4.17. The second-order valence-electron chi connectivity index (χ2n) is 9.73. The SMILES string of the molecule is CC.CC12CCC3C4CCC(O)CC4=CCC3C1CCC2C(=O)CSS(=O)(=O)O.COC. The summed E-state index contributed by atoms with van der Waals surface area (Å²) in [7, 11) is -0.568. The summed E-state index contributed by atoms with van der Waals surface area (Å²) in [6.07, 6.45) is 10.1. The third kappa shape index (κ3) is 6.17. The van der Waals surface area contributed by atoms with Crippen LogP contribution in [0.4, 0.5) is 0 Å². The van der Waals surface area contributed by atoms with Crippen molar-refractivity contribution < 1.29 is 27.6 Å². The fourth-order valence-corrected chi connectivity index (χ4v) is 8.27. The minimum Gasteiger partial charge on any atom is -0.393 e. The molecule has 0 spiro atoms. The van der Waals surface area contributed by atoms with E-state index in [0.29, 0.717) is 34.5 Å². The average molecular weight is 491 g/mol. The van der Waals surface area contributed by atoms with Crippen molar-refractivity contribution >= 4 is 25.7 Å². The molecule has 3 saturated carbocycles.